The molecule has 3 amide bonds. The van der Waals surface area contributed by atoms with Crippen LogP contribution in [0.4, 0.5) is 11.4 Å². The largest absolute Gasteiger partial charge is 0.508 e. The zero-order valence-electron chi connectivity index (χ0n) is 34.8. The predicted octanol–water partition coefficient (Wildman–Crippen LogP) is 7.71. The summed E-state index contributed by atoms with van der Waals surface area (Å²) in [5.74, 6) is -0.127. The molecular weight excluding hydrogens is 763 g/mol. The van der Waals surface area contributed by atoms with E-state index >= 15 is 4.79 Å². The summed E-state index contributed by atoms with van der Waals surface area (Å²) in [4.78, 5) is 52.1. The minimum Gasteiger partial charge on any atom is -0.508 e. The van der Waals surface area contributed by atoms with Gasteiger partial charge in [0, 0.05) is 86.2 Å². The van der Waals surface area contributed by atoms with Gasteiger partial charge in [-0.05, 0) is 102 Å². The molecule has 3 aliphatic rings. The van der Waals surface area contributed by atoms with Crippen LogP contribution in [0.5, 0.6) is 5.75 Å². The molecule has 1 N–H and O–H groups in total. The number of ether oxygens (including phenoxy) is 1. The molecule has 10 nitrogen and oxygen atoms in total. The number of anilines is 2. The molecule has 10 heteroatoms. The van der Waals surface area contributed by atoms with Gasteiger partial charge in [0.15, 0.2) is 0 Å². The van der Waals surface area contributed by atoms with Gasteiger partial charge in [-0.15, -0.1) is 0 Å². The summed E-state index contributed by atoms with van der Waals surface area (Å²) in [5, 5.41) is 10.1. The summed E-state index contributed by atoms with van der Waals surface area (Å²) in [6.07, 6.45) is 1.71. The van der Waals surface area contributed by atoms with Crippen LogP contribution < -0.4 is 4.90 Å². The summed E-state index contributed by atoms with van der Waals surface area (Å²) < 4.78 is 7.70. The SMILES string of the molecule is Cc1c(C(=O)N(c2ccccc2)c2ccc(O)cc2)cc(-c2cc3c(cc2C(=O)N2Cc4ccccc4C[C@H]2CN2CCOCC2)CN(C(=O)Cc2ccccc2)CC3)n1C. The number of phenolic OH excluding ortho intramolecular Hbond substituents is 1. The summed E-state index contributed by atoms with van der Waals surface area (Å²) >= 11 is 0. The minimum atomic E-state index is -0.229. The molecule has 3 aliphatic heterocycles. The highest BCUT2D eigenvalue weighted by atomic mass is 16.5. The van der Waals surface area contributed by atoms with E-state index in [9.17, 15) is 14.7 Å². The second-order valence-electron chi connectivity index (χ2n) is 16.4. The van der Waals surface area contributed by atoms with Gasteiger partial charge in [0.2, 0.25) is 5.91 Å². The highest BCUT2D eigenvalue weighted by Gasteiger charge is 2.35. The maximum atomic E-state index is 15.5. The van der Waals surface area contributed by atoms with Crippen molar-refractivity contribution in [2.45, 2.75) is 45.3 Å². The van der Waals surface area contributed by atoms with Crippen LogP contribution in [0.15, 0.2) is 127 Å². The van der Waals surface area contributed by atoms with Gasteiger partial charge in [-0.1, -0.05) is 72.8 Å². The van der Waals surface area contributed by atoms with E-state index in [0.717, 1.165) is 65.3 Å². The van der Waals surface area contributed by atoms with Crippen LogP contribution in [-0.4, -0.2) is 87.5 Å². The van der Waals surface area contributed by atoms with Gasteiger partial charge >= 0.3 is 0 Å². The van der Waals surface area contributed by atoms with Gasteiger partial charge in [0.05, 0.1) is 25.2 Å². The number of carbonyl (C=O) groups is 3. The molecule has 1 saturated heterocycles. The molecule has 0 unspecified atom stereocenters. The lowest BCUT2D eigenvalue weighted by Crippen LogP contribution is -2.52. The molecule has 6 aromatic rings. The highest BCUT2D eigenvalue weighted by molar-refractivity contribution is 6.12. The Labute approximate surface area is 357 Å². The topological polar surface area (TPSA) is 98.6 Å². The first-order valence-electron chi connectivity index (χ1n) is 21.2. The Bertz CT molecular complexity index is 2560. The van der Waals surface area contributed by atoms with Gasteiger partial charge in [0.25, 0.3) is 11.8 Å². The third-order valence-electron chi connectivity index (χ3n) is 12.7. The Morgan fingerprint density at radius 1 is 0.721 bits per heavy atom. The number of aromatic nitrogens is 1. The van der Waals surface area contributed by atoms with Crippen molar-refractivity contribution in [1.82, 2.24) is 19.3 Å². The zero-order chi connectivity index (χ0) is 42.0. The van der Waals surface area contributed by atoms with Crippen molar-refractivity contribution in [3.63, 3.8) is 0 Å². The van der Waals surface area contributed by atoms with Crippen LogP contribution in [-0.2, 0) is 48.9 Å². The summed E-state index contributed by atoms with van der Waals surface area (Å²) in [6, 6.07) is 40.4. The predicted molar refractivity (Wildman–Crippen MR) is 237 cm³/mol. The molecule has 0 bridgehead atoms. The van der Waals surface area contributed by atoms with Crippen LogP contribution in [0.1, 0.15) is 54.2 Å². The van der Waals surface area contributed by atoms with E-state index in [1.165, 1.54) is 5.56 Å². The van der Waals surface area contributed by atoms with Gasteiger partial charge < -0.3 is 24.2 Å². The number of fused-ring (bicyclic) bond motifs is 2. The number of rotatable bonds is 9. The van der Waals surface area contributed by atoms with Crippen LogP contribution in [0, 0.1) is 6.92 Å². The molecule has 0 aliphatic carbocycles. The Balaban J connectivity index is 1.13. The molecular formula is C51H51N5O5. The number of aromatic hydroxyl groups is 1. The third kappa shape index (κ3) is 8.21. The maximum Gasteiger partial charge on any atom is 0.264 e. The average Bonchev–Trinajstić information content (AvgIpc) is 3.59. The normalized spacial score (nSPS) is 16.5. The van der Waals surface area contributed by atoms with Gasteiger partial charge in [-0.25, -0.2) is 0 Å². The molecule has 5 aromatic carbocycles. The van der Waals surface area contributed by atoms with Crippen LogP contribution in [0.3, 0.4) is 0 Å². The number of nitrogens with zero attached hydrogens (tertiary/aromatic N) is 5. The van der Waals surface area contributed by atoms with E-state index < -0.39 is 0 Å². The maximum absolute atomic E-state index is 15.5. The van der Waals surface area contributed by atoms with Gasteiger partial charge in [0.1, 0.15) is 5.75 Å². The number of hydrogen-bond donors (Lipinski definition) is 1. The van der Waals surface area contributed by atoms with Crippen molar-refractivity contribution in [3.05, 3.63) is 172 Å². The lowest BCUT2D eigenvalue weighted by molar-refractivity contribution is -0.131. The van der Waals surface area contributed by atoms with Crippen molar-refractivity contribution in [2.24, 2.45) is 7.05 Å². The quantitative estimate of drug-likeness (QED) is 0.161. The van der Waals surface area contributed by atoms with E-state index in [1.807, 2.05) is 107 Å². The Morgan fingerprint density at radius 3 is 2.13 bits per heavy atom. The Hall–Kier alpha value is -6.49. The number of phenols is 1. The molecule has 1 aromatic heterocycles. The third-order valence-corrected chi connectivity index (χ3v) is 12.7. The molecule has 0 saturated carbocycles. The van der Waals surface area contributed by atoms with Crippen LogP contribution >= 0.6 is 0 Å². The average molecular weight is 814 g/mol. The molecule has 0 spiro atoms. The summed E-state index contributed by atoms with van der Waals surface area (Å²) in [6.45, 7) is 7.13. The van der Waals surface area contributed by atoms with Crippen molar-refractivity contribution in [2.75, 3.05) is 44.3 Å². The van der Waals surface area contributed by atoms with Gasteiger partial charge in [-0.3, -0.25) is 24.2 Å². The monoisotopic (exact) mass is 813 g/mol. The van der Waals surface area contributed by atoms with Crippen LogP contribution in [0.2, 0.25) is 0 Å². The number of benzene rings is 5. The molecule has 61 heavy (non-hydrogen) atoms. The van der Waals surface area contributed by atoms with E-state index in [2.05, 4.69) is 29.2 Å². The molecule has 310 valence electrons. The number of morpholine rings is 1. The van der Waals surface area contributed by atoms with Crippen molar-refractivity contribution < 1.29 is 24.2 Å². The first-order chi connectivity index (χ1) is 29.7. The van der Waals surface area contributed by atoms with E-state index in [1.54, 1.807) is 29.2 Å². The highest BCUT2D eigenvalue weighted by Crippen LogP contribution is 2.37. The fraction of sp³-hybridized carbons (Fsp3) is 0.275. The second-order valence-corrected chi connectivity index (χ2v) is 16.4. The fourth-order valence-corrected chi connectivity index (χ4v) is 9.18. The fourth-order valence-electron chi connectivity index (χ4n) is 9.18. The van der Waals surface area contributed by atoms with E-state index in [4.69, 9.17) is 4.74 Å². The lowest BCUT2D eigenvalue weighted by atomic mass is 9.89. The first-order valence-corrected chi connectivity index (χ1v) is 21.2. The number of amides is 3. The zero-order valence-corrected chi connectivity index (χ0v) is 34.8. The number of carbonyl (C=O) groups excluding carboxylic acids is 3. The first kappa shape index (κ1) is 39.9. The van der Waals surface area contributed by atoms with Crippen molar-refractivity contribution in [3.8, 4) is 17.0 Å². The summed E-state index contributed by atoms with van der Waals surface area (Å²) in [7, 11) is 1.95. The second kappa shape index (κ2) is 17.2. The van der Waals surface area contributed by atoms with Crippen LogP contribution in [0.25, 0.3) is 11.3 Å². The number of para-hydroxylation sites is 1. The lowest BCUT2D eigenvalue weighted by Gasteiger charge is -2.41. The molecule has 0 radical (unpaired) electrons. The molecule has 1 fully saturated rings. The van der Waals surface area contributed by atoms with Crippen molar-refractivity contribution >= 4 is 29.1 Å². The van der Waals surface area contributed by atoms with E-state index in [0.29, 0.717) is 68.2 Å². The van der Waals surface area contributed by atoms with E-state index in [-0.39, 0.29) is 29.5 Å². The van der Waals surface area contributed by atoms with Crippen molar-refractivity contribution in [1.29, 1.82) is 0 Å². The minimum absolute atomic E-state index is 0.0600. The molecule has 4 heterocycles. The Morgan fingerprint density at radius 2 is 1.39 bits per heavy atom. The Kier molecular flexibility index (Phi) is 11.3. The standard InChI is InChI=1S/C51H51N5O5/c1-35-45(51(60)56(41-15-7-4-8-16-41)42-17-19-44(57)20-18-42)31-48(52(35)2)46-29-38-21-22-54(49(58)27-36-11-5-3-6-12-36)32-40(38)30-47(46)50(59)55-33-39-14-10-9-13-37(39)28-43(55)34-53-23-25-61-26-24-53/h3-20,29-31,43,57H,21-28,32-34H2,1-2H3/t43-/m0/s1. The molecule has 9 rings (SSSR count). The summed E-state index contributed by atoms with van der Waals surface area (Å²) in [5.41, 5.74) is 10.1. The van der Waals surface area contributed by atoms with Gasteiger partial charge in [-0.2, -0.15) is 0 Å². The molecule has 1 atom stereocenters. The number of hydrogen-bond acceptors (Lipinski definition) is 6. The smallest absolute Gasteiger partial charge is 0.264 e.